The van der Waals surface area contributed by atoms with Crippen LogP contribution in [0.5, 0.6) is 0 Å². The first-order valence-corrected chi connectivity index (χ1v) is 3.40. The van der Waals surface area contributed by atoms with Crippen molar-refractivity contribution in [3.05, 3.63) is 0 Å². The zero-order valence-corrected chi connectivity index (χ0v) is 5.72. The average Bonchev–Trinajstić information content (AvgIpc) is 1.89. The first kappa shape index (κ1) is 7.06. The Kier molecular flexibility index (Phi) is 2.51. The number of aliphatic hydroxyl groups excluding tert-OH is 1. The van der Waals surface area contributed by atoms with Crippen molar-refractivity contribution in [3.63, 3.8) is 0 Å². The van der Waals surface area contributed by atoms with Gasteiger partial charge in [-0.15, -0.1) is 0 Å². The minimum absolute atomic E-state index is 0.156. The highest BCUT2D eigenvalue weighted by atomic mass is 16.3. The van der Waals surface area contributed by atoms with Crippen molar-refractivity contribution in [3.8, 4) is 0 Å². The van der Waals surface area contributed by atoms with Gasteiger partial charge in [-0.3, -0.25) is 0 Å². The van der Waals surface area contributed by atoms with Gasteiger partial charge in [0.2, 0.25) is 0 Å². The molecular formula is C5H13BN2O. The van der Waals surface area contributed by atoms with Gasteiger partial charge >= 0.3 is 0 Å². The van der Waals surface area contributed by atoms with Crippen molar-refractivity contribution in [1.82, 2.24) is 10.5 Å². The molecule has 0 amide bonds. The molecule has 0 aromatic heterocycles. The lowest BCUT2D eigenvalue weighted by Gasteiger charge is -2.27. The molecule has 0 aromatic rings. The quantitative estimate of drug-likeness (QED) is 0.352. The molecule has 1 heterocycles. The molecule has 1 aliphatic heterocycles. The van der Waals surface area contributed by atoms with E-state index in [0.29, 0.717) is 0 Å². The van der Waals surface area contributed by atoms with Crippen LogP contribution in [0.2, 0.25) is 0 Å². The number of nitrogens with one attached hydrogen (secondary N) is 2. The zero-order chi connectivity index (χ0) is 6.69. The third-order valence-electron chi connectivity index (χ3n) is 1.82. The molecule has 0 bridgehead atoms. The normalized spacial score (nSPS) is 36.6. The average molecular weight is 128 g/mol. The van der Waals surface area contributed by atoms with E-state index in [0.717, 1.165) is 19.5 Å². The van der Waals surface area contributed by atoms with E-state index in [9.17, 15) is 5.11 Å². The van der Waals surface area contributed by atoms with Crippen molar-refractivity contribution < 1.29 is 5.11 Å². The van der Waals surface area contributed by atoms with Gasteiger partial charge in [0.1, 0.15) is 0 Å². The van der Waals surface area contributed by atoms with Crippen LogP contribution >= 0.6 is 0 Å². The van der Waals surface area contributed by atoms with Crippen molar-refractivity contribution >= 4 is 7.98 Å². The van der Waals surface area contributed by atoms with E-state index >= 15 is 0 Å². The molecule has 0 unspecified atom stereocenters. The highest BCUT2D eigenvalue weighted by Crippen LogP contribution is 2.01. The maximum Gasteiger partial charge on any atom is 0.182 e. The molecule has 4 heteroatoms. The van der Waals surface area contributed by atoms with E-state index in [1.165, 1.54) is 0 Å². The summed E-state index contributed by atoms with van der Waals surface area (Å²) in [6, 6.07) is 0.249. The van der Waals surface area contributed by atoms with Crippen molar-refractivity contribution in [1.29, 1.82) is 0 Å². The third kappa shape index (κ3) is 1.68. The van der Waals surface area contributed by atoms with Gasteiger partial charge in [0.05, 0.1) is 6.10 Å². The van der Waals surface area contributed by atoms with E-state index in [1.54, 1.807) is 0 Å². The Morgan fingerprint density at radius 3 is 2.89 bits per heavy atom. The Hall–Kier alpha value is -0.0551. The molecule has 9 heavy (non-hydrogen) atoms. The van der Waals surface area contributed by atoms with E-state index in [2.05, 4.69) is 10.5 Å². The maximum atomic E-state index is 9.27. The SMILES string of the molecule is BN[C@@H]1CNCC[C@@H]1O. The largest absolute Gasteiger partial charge is 0.391 e. The molecule has 3 nitrogen and oxygen atoms in total. The van der Waals surface area contributed by atoms with E-state index in [-0.39, 0.29) is 12.1 Å². The maximum absolute atomic E-state index is 9.27. The number of piperidine rings is 1. The van der Waals surface area contributed by atoms with Crippen LogP contribution in [0.25, 0.3) is 0 Å². The fraction of sp³-hybridized carbons (Fsp3) is 1.00. The van der Waals surface area contributed by atoms with Gasteiger partial charge in [-0.1, -0.05) is 0 Å². The van der Waals surface area contributed by atoms with Crippen LogP contribution in [-0.4, -0.2) is 38.3 Å². The zero-order valence-electron chi connectivity index (χ0n) is 5.72. The minimum atomic E-state index is -0.156. The van der Waals surface area contributed by atoms with Gasteiger partial charge in [0, 0.05) is 12.6 Å². The van der Waals surface area contributed by atoms with E-state index in [4.69, 9.17) is 0 Å². The second kappa shape index (κ2) is 3.20. The summed E-state index contributed by atoms with van der Waals surface area (Å²) in [7, 11) is 1.88. The molecule has 0 aliphatic carbocycles. The van der Waals surface area contributed by atoms with Gasteiger partial charge in [-0.2, -0.15) is 0 Å². The van der Waals surface area contributed by atoms with Crippen molar-refractivity contribution in [2.24, 2.45) is 0 Å². The summed E-state index contributed by atoms with van der Waals surface area (Å²) in [6.07, 6.45) is 0.710. The molecule has 0 aromatic carbocycles. The minimum Gasteiger partial charge on any atom is -0.391 e. The Labute approximate surface area is 56.3 Å². The van der Waals surface area contributed by atoms with Crippen molar-refractivity contribution in [2.75, 3.05) is 13.1 Å². The summed E-state index contributed by atoms with van der Waals surface area (Å²) >= 11 is 0. The van der Waals surface area contributed by atoms with Gasteiger partial charge < -0.3 is 15.7 Å². The first-order chi connectivity index (χ1) is 4.34. The molecule has 1 saturated heterocycles. The van der Waals surface area contributed by atoms with Crippen LogP contribution in [0.15, 0.2) is 0 Å². The second-order valence-corrected chi connectivity index (χ2v) is 2.46. The monoisotopic (exact) mass is 128 g/mol. The predicted octanol–water partition coefficient (Wildman–Crippen LogP) is -2.15. The molecule has 1 rings (SSSR count). The molecule has 1 fully saturated rings. The van der Waals surface area contributed by atoms with Crippen molar-refractivity contribution in [2.45, 2.75) is 18.6 Å². The van der Waals surface area contributed by atoms with Crippen LogP contribution in [-0.2, 0) is 0 Å². The van der Waals surface area contributed by atoms with Gasteiger partial charge in [0.25, 0.3) is 0 Å². The Morgan fingerprint density at radius 2 is 2.44 bits per heavy atom. The van der Waals surface area contributed by atoms with E-state index in [1.807, 2.05) is 7.98 Å². The highest BCUT2D eigenvalue weighted by molar-refractivity contribution is 6.04. The lowest BCUT2D eigenvalue weighted by molar-refractivity contribution is 0.110. The van der Waals surface area contributed by atoms with Crippen LogP contribution in [0, 0.1) is 0 Å². The Bertz CT molecular complexity index is 91.0. The standard InChI is InChI=1S/C5H13BN2O/c6-8-4-3-7-2-1-5(4)9/h4-5,7-9H,1-3,6H2/t4-,5+/m1/s1. The van der Waals surface area contributed by atoms with Gasteiger partial charge in [-0.05, 0) is 13.0 Å². The highest BCUT2D eigenvalue weighted by Gasteiger charge is 2.19. The second-order valence-electron chi connectivity index (χ2n) is 2.46. The van der Waals surface area contributed by atoms with Gasteiger partial charge in [0.15, 0.2) is 7.98 Å². The van der Waals surface area contributed by atoms with Crippen LogP contribution in [0.1, 0.15) is 6.42 Å². The summed E-state index contributed by atoms with van der Waals surface area (Å²) in [5.41, 5.74) is 0. The fourth-order valence-electron chi connectivity index (χ4n) is 1.14. The molecule has 1 aliphatic rings. The smallest absolute Gasteiger partial charge is 0.182 e. The summed E-state index contributed by atoms with van der Waals surface area (Å²) in [4.78, 5) is 0. The number of hydrogen-bond acceptors (Lipinski definition) is 3. The topological polar surface area (TPSA) is 44.3 Å². The molecule has 0 radical (unpaired) electrons. The van der Waals surface area contributed by atoms with Crippen LogP contribution in [0.3, 0.4) is 0 Å². The lowest BCUT2D eigenvalue weighted by Crippen LogP contribution is -2.51. The Morgan fingerprint density at radius 1 is 1.67 bits per heavy atom. The predicted molar refractivity (Wildman–Crippen MR) is 39.0 cm³/mol. The van der Waals surface area contributed by atoms with Gasteiger partial charge in [-0.25, -0.2) is 0 Å². The number of aliphatic hydroxyl groups is 1. The fourth-order valence-corrected chi connectivity index (χ4v) is 1.14. The molecular weight excluding hydrogens is 115 g/mol. The number of rotatable bonds is 1. The molecule has 2 atom stereocenters. The number of hydrogen-bond donors (Lipinski definition) is 3. The molecule has 0 spiro atoms. The molecule has 0 saturated carbocycles. The van der Waals surface area contributed by atoms with E-state index < -0.39 is 0 Å². The summed E-state index contributed by atoms with van der Waals surface area (Å²) < 4.78 is 0. The molecule has 3 N–H and O–H groups in total. The third-order valence-corrected chi connectivity index (χ3v) is 1.82. The Balaban J connectivity index is 2.30. The van der Waals surface area contributed by atoms with Crippen LogP contribution < -0.4 is 10.5 Å². The lowest BCUT2D eigenvalue weighted by atomic mass is 10.0. The summed E-state index contributed by atoms with van der Waals surface area (Å²) in [5.74, 6) is 0. The summed E-state index contributed by atoms with van der Waals surface area (Å²) in [6.45, 7) is 1.83. The van der Waals surface area contributed by atoms with Crippen LogP contribution in [0.4, 0.5) is 0 Å². The molecule has 52 valence electrons. The summed E-state index contributed by atoms with van der Waals surface area (Å²) in [5, 5.41) is 15.5. The first-order valence-electron chi connectivity index (χ1n) is 3.40.